The van der Waals surface area contributed by atoms with Crippen molar-refractivity contribution < 1.29 is 4.79 Å². The van der Waals surface area contributed by atoms with Gasteiger partial charge in [-0.3, -0.25) is 0 Å². The topological polar surface area (TPSA) is 44.4 Å². The lowest BCUT2D eigenvalue weighted by Gasteiger charge is -2.22. The van der Waals surface area contributed by atoms with Crippen LogP contribution in [0.1, 0.15) is 33.3 Å². The molecule has 2 amide bonds. The molecule has 4 nitrogen and oxygen atoms in total. The fourth-order valence-corrected chi connectivity index (χ4v) is 1.94. The largest absolute Gasteiger partial charge is 0.372 e. The van der Waals surface area contributed by atoms with Crippen molar-refractivity contribution in [1.29, 1.82) is 0 Å². The Balaban J connectivity index is 2.78. The number of amides is 2. The molecule has 2 N–H and O–H groups in total. The van der Waals surface area contributed by atoms with Gasteiger partial charge >= 0.3 is 6.03 Å². The Morgan fingerprint density at radius 2 is 1.90 bits per heavy atom. The van der Waals surface area contributed by atoms with Crippen LogP contribution in [-0.4, -0.2) is 19.1 Å². The zero-order valence-electron chi connectivity index (χ0n) is 13.1. The molecule has 110 valence electrons. The second-order valence-corrected chi connectivity index (χ2v) is 4.99. The molecule has 0 fully saturated rings. The predicted octanol–water partition coefficient (Wildman–Crippen LogP) is 3.89. The molecule has 4 heteroatoms. The van der Waals surface area contributed by atoms with Crippen molar-refractivity contribution in [3.8, 4) is 0 Å². The van der Waals surface area contributed by atoms with Gasteiger partial charge in [-0.25, -0.2) is 4.79 Å². The Bertz CT molecular complexity index is 486. The molecule has 0 atom stereocenters. The van der Waals surface area contributed by atoms with E-state index in [0.29, 0.717) is 0 Å². The summed E-state index contributed by atoms with van der Waals surface area (Å²) in [6.07, 6.45) is 1.69. The van der Waals surface area contributed by atoms with E-state index in [2.05, 4.69) is 35.4 Å². The summed E-state index contributed by atoms with van der Waals surface area (Å²) in [7, 11) is 0. The molecular formula is C16H25N3O. The monoisotopic (exact) mass is 275 g/mol. The molecule has 0 spiro atoms. The van der Waals surface area contributed by atoms with Crippen LogP contribution in [0.3, 0.4) is 0 Å². The molecular weight excluding hydrogens is 250 g/mol. The zero-order chi connectivity index (χ0) is 15.1. The first-order chi connectivity index (χ1) is 9.47. The van der Waals surface area contributed by atoms with E-state index < -0.39 is 0 Å². The van der Waals surface area contributed by atoms with Crippen LogP contribution in [0.4, 0.5) is 16.2 Å². The van der Waals surface area contributed by atoms with Gasteiger partial charge in [-0.1, -0.05) is 5.57 Å². The van der Waals surface area contributed by atoms with Gasteiger partial charge in [0.2, 0.25) is 0 Å². The van der Waals surface area contributed by atoms with Crippen molar-refractivity contribution in [3.05, 3.63) is 35.5 Å². The number of hydrogen-bond donors (Lipinski definition) is 2. The fraction of sp³-hybridized carbons (Fsp3) is 0.438. The maximum Gasteiger partial charge on any atom is 0.323 e. The summed E-state index contributed by atoms with van der Waals surface area (Å²) in [5.41, 5.74) is 4.12. The van der Waals surface area contributed by atoms with Crippen molar-refractivity contribution >= 4 is 17.4 Å². The summed E-state index contributed by atoms with van der Waals surface area (Å²) >= 11 is 0. The first kappa shape index (κ1) is 16.1. The molecule has 0 aliphatic rings. The number of benzene rings is 1. The van der Waals surface area contributed by atoms with Crippen molar-refractivity contribution in [1.82, 2.24) is 5.32 Å². The molecule has 1 aromatic carbocycles. The Labute approximate surface area is 121 Å². The molecule has 20 heavy (non-hydrogen) atoms. The van der Waals surface area contributed by atoms with Gasteiger partial charge in [0.05, 0.1) is 0 Å². The number of nitrogens with zero attached hydrogens (tertiary/aromatic N) is 1. The summed E-state index contributed by atoms with van der Waals surface area (Å²) in [5.74, 6) is 0. The van der Waals surface area contributed by atoms with Crippen molar-refractivity contribution in [3.63, 3.8) is 0 Å². The fourth-order valence-electron chi connectivity index (χ4n) is 1.94. The van der Waals surface area contributed by atoms with Gasteiger partial charge in [-0.2, -0.15) is 0 Å². The second-order valence-electron chi connectivity index (χ2n) is 4.99. The average molecular weight is 275 g/mol. The van der Waals surface area contributed by atoms with Gasteiger partial charge in [0, 0.05) is 30.7 Å². The lowest BCUT2D eigenvalue weighted by molar-refractivity contribution is 0.255. The highest BCUT2D eigenvalue weighted by Gasteiger charge is 2.06. The number of allylic oxidation sites excluding steroid dienone is 1. The van der Waals surface area contributed by atoms with Crippen LogP contribution in [0.15, 0.2) is 30.0 Å². The number of aryl methyl sites for hydroxylation is 1. The average Bonchev–Trinajstić information content (AvgIpc) is 2.41. The standard InChI is InChI=1S/C16H25N3O/c1-6-19(7-2)14-8-9-15(13(5)10-14)18-16(20)17-11-12(3)4/h8-11H,6-7H2,1-5H3,(H2,17,18,20). The minimum Gasteiger partial charge on any atom is -0.372 e. The van der Waals surface area contributed by atoms with E-state index in [1.54, 1.807) is 6.20 Å². The molecule has 0 aliphatic carbocycles. The molecule has 0 saturated carbocycles. The predicted molar refractivity (Wildman–Crippen MR) is 86.3 cm³/mol. The molecule has 1 aromatic rings. The number of hydrogen-bond acceptors (Lipinski definition) is 2. The van der Waals surface area contributed by atoms with Crippen LogP contribution in [0.5, 0.6) is 0 Å². The SMILES string of the molecule is CCN(CC)c1ccc(NC(=O)NC=C(C)C)c(C)c1. The molecule has 0 bridgehead atoms. The number of anilines is 2. The van der Waals surface area contributed by atoms with Crippen LogP contribution < -0.4 is 15.5 Å². The normalized spacial score (nSPS) is 9.85. The maximum atomic E-state index is 11.7. The van der Waals surface area contributed by atoms with Gasteiger partial charge < -0.3 is 15.5 Å². The third kappa shape index (κ3) is 4.61. The number of nitrogens with one attached hydrogen (secondary N) is 2. The van der Waals surface area contributed by atoms with E-state index in [4.69, 9.17) is 0 Å². The summed E-state index contributed by atoms with van der Waals surface area (Å²) in [4.78, 5) is 14.0. The zero-order valence-corrected chi connectivity index (χ0v) is 13.1. The molecule has 0 radical (unpaired) electrons. The quantitative estimate of drug-likeness (QED) is 0.856. The second kappa shape index (κ2) is 7.58. The van der Waals surface area contributed by atoms with Gasteiger partial charge in [0.25, 0.3) is 0 Å². The highest BCUT2D eigenvalue weighted by molar-refractivity contribution is 5.91. The minimum absolute atomic E-state index is 0.218. The Hall–Kier alpha value is -1.97. The van der Waals surface area contributed by atoms with Crippen LogP contribution in [0.25, 0.3) is 0 Å². The third-order valence-electron chi connectivity index (χ3n) is 3.08. The third-order valence-corrected chi connectivity index (χ3v) is 3.08. The van der Waals surface area contributed by atoms with E-state index in [0.717, 1.165) is 29.9 Å². The Morgan fingerprint density at radius 3 is 2.40 bits per heavy atom. The van der Waals surface area contributed by atoms with E-state index >= 15 is 0 Å². The smallest absolute Gasteiger partial charge is 0.323 e. The molecule has 1 rings (SSSR count). The Morgan fingerprint density at radius 1 is 1.25 bits per heavy atom. The summed E-state index contributed by atoms with van der Waals surface area (Å²) < 4.78 is 0. The molecule has 0 aromatic heterocycles. The maximum absolute atomic E-state index is 11.7. The van der Waals surface area contributed by atoms with E-state index in [1.165, 1.54) is 5.69 Å². The Kier molecular flexibility index (Phi) is 6.10. The molecule has 0 heterocycles. The van der Waals surface area contributed by atoms with Gasteiger partial charge in [0.1, 0.15) is 0 Å². The van der Waals surface area contributed by atoms with E-state index in [-0.39, 0.29) is 6.03 Å². The van der Waals surface area contributed by atoms with Crippen molar-refractivity contribution in [2.24, 2.45) is 0 Å². The van der Waals surface area contributed by atoms with E-state index in [9.17, 15) is 4.79 Å². The van der Waals surface area contributed by atoms with Crippen LogP contribution >= 0.6 is 0 Å². The van der Waals surface area contributed by atoms with Gasteiger partial charge in [0.15, 0.2) is 0 Å². The number of carbonyl (C=O) groups is 1. The van der Waals surface area contributed by atoms with Crippen LogP contribution in [0.2, 0.25) is 0 Å². The summed E-state index contributed by atoms with van der Waals surface area (Å²) in [5, 5.41) is 5.55. The van der Waals surface area contributed by atoms with Gasteiger partial charge in [-0.05, 0) is 58.4 Å². The first-order valence-electron chi connectivity index (χ1n) is 7.04. The van der Waals surface area contributed by atoms with Crippen LogP contribution in [-0.2, 0) is 0 Å². The lowest BCUT2D eigenvalue weighted by atomic mass is 10.1. The van der Waals surface area contributed by atoms with E-state index in [1.807, 2.05) is 32.9 Å². The molecule has 0 unspecified atom stereocenters. The first-order valence-corrected chi connectivity index (χ1v) is 7.04. The summed E-state index contributed by atoms with van der Waals surface area (Å²) in [6.45, 7) is 12.1. The summed E-state index contributed by atoms with van der Waals surface area (Å²) in [6, 6.07) is 5.87. The highest BCUT2D eigenvalue weighted by atomic mass is 16.2. The van der Waals surface area contributed by atoms with Crippen molar-refractivity contribution in [2.45, 2.75) is 34.6 Å². The number of rotatable bonds is 5. The van der Waals surface area contributed by atoms with Crippen LogP contribution in [0, 0.1) is 6.92 Å². The number of carbonyl (C=O) groups excluding carboxylic acids is 1. The van der Waals surface area contributed by atoms with Crippen molar-refractivity contribution in [2.75, 3.05) is 23.3 Å². The highest BCUT2D eigenvalue weighted by Crippen LogP contribution is 2.22. The number of urea groups is 1. The van der Waals surface area contributed by atoms with Gasteiger partial charge in [-0.15, -0.1) is 0 Å². The molecule has 0 aliphatic heterocycles. The molecule has 0 saturated heterocycles. The minimum atomic E-state index is -0.218. The lowest BCUT2D eigenvalue weighted by Crippen LogP contribution is -2.25.